The Labute approximate surface area is 208 Å². The number of imide groups is 1. The van der Waals surface area contributed by atoms with E-state index in [1.807, 2.05) is 71.4 Å². The van der Waals surface area contributed by atoms with Gasteiger partial charge >= 0.3 is 12.2 Å². The molecule has 1 aliphatic rings. The summed E-state index contributed by atoms with van der Waals surface area (Å²) in [5.74, 6) is 0.502. The lowest BCUT2D eigenvalue weighted by molar-refractivity contribution is 0.0574. The van der Waals surface area contributed by atoms with Gasteiger partial charge in [-0.05, 0) is 23.3 Å². The van der Waals surface area contributed by atoms with Crippen LogP contribution in [0.3, 0.4) is 0 Å². The van der Waals surface area contributed by atoms with Crippen molar-refractivity contribution < 1.29 is 23.8 Å². The number of ether oxygens (including phenoxy) is 3. The lowest BCUT2D eigenvalue weighted by atomic mass is 10.1. The van der Waals surface area contributed by atoms with Gasteiger partial charge in [0.15, 0.2) is 11.9 Å². The van der Waals surface area contributed by atoms with E-state index in [9.17, 15) is 9.59 Å². The predicted molar refractivity (Wildman–Crippen MR) is 131 cm³/mol. The van der Waals surface area contributed by atoms with Gasteiger partial charge < -0.3 is 23.7 Å². The van der Waals surface area contributed by atoms with E-state index in [-0.39, 0.29) is 18.4 Å². The highest BCUT2D eigenvalue weighted by molar-refractivity contribution is 7.80. The molecule has 1 aliphatic heterocycles. The third-order valence-electron chi connectivity index (χ3n) is 5.45. The number of imidazole rings is 1. The fourth-order valence-electron chi connectivity index (χ4n) is 3.67. The van der Waals surface area contributed by atoms with Crippen molar-refractivity contribution in [1.29, 1.82) is 0 Å². The number of carbonyl (C=O) groups excluding carboxylic acids is 2. The molecule has 2 aromatic carbocycles. The molecule has 9 nitrogen and oxygen atoms in total. The van der Waals surface area contributed by atoms with Crippen LogP contribution in [0, 0.1) is 0 Å². The number of aromatic nitrogens is 2. The topological polar surface area (TPSA) is 86.1 Å². The second-order valence-corrected chi connectivity index (χ2v) is 8.50. The van der Waals surface area contributed by atoms with E-state index in [2.05, 4.69) is 4.98 Å². The summed E-state index contributed by atoms with van der Waals surface area (Å²) in [5.41, 5.74) is 1.85. The summed E-state index contributed by atoms with van der Waals surface area (Å²) in [7, 11) is 3.50. The van der Waals surface area contributed by atoms with E-state index in [1.54, 1.807) is 25.2 Å². The minimum atomic E-state index is -0.876. The van der Waals surface area contributed by atoms with Crippen LogP contribution in [0.1, 0.15) is 23.1 Å². The normalized spacial score (nSPS) is 15.9. The molecule has 2 atom stereocenters. The summed E-state index contributed by atoms with van der Waals surface area (Å²) in [5, 5.41) is 0.182. The van der Waals surface area contributed by atoms with Crippen LogP contribution in [0.15, 0.2) is 73.1 Å². The van der Waals surface area contributed by atoms with E-state index in [4.69, 9.17) is 26.4 Å². The first-order valence-corrected chi connectivity index (χ1v) is 11.4. The summed E-state index contributed by atoms with van der Waals surface area (Å²) >= 11 is 5.39. The second-order valence-electron chi connectivity index (χ2n) is 8.15. The quantitative estimate of drug-likeness (QED) is 0.456. The lowest BCUT2D eigenvalue weighted by Crippen LogP contribution is -2.45. The SMILES string of the molecule is CN(C)C(=S)O[C@H](c1nccn1Cc1ccccc1)[C@@H]1COC(=O)N1C(=O)OCc1ccccc1. The van der Waals surface area contributed by atoms with Gasteiger partial charge in [0.1, 0.15) is 19.3 Å². The van der Waals surface area contributed by atoms with Crippen LogP contribution in [0.2, 0.25) is 0 Å². The Kier molecular flexibility index (Phi) is 7.61. The largest absolute Gasteiger partial charge is 0.457 e. The van der Waals surface area contributed by atoms with Gasteiger partial charge in [-0.3, -0.25) is 0 Å². The summed E-state index contributed by atoms with van der Waals surface area (Å²) in [4.78, 5) is 32.6. The molecule has 182 valence electrons. The van der Waals surface area contributed by atoms with Gasteiger partial charge in [0.05, 0.1) is 0 Å². The average Bonchev–Trinajstić information content (AvgIpc) is 3.48. The van der Waals surface area contributed by atoms with Crippen molar-refractivity contribution in [3.05, 3.63) is 90.0 Å². The molecule has 35 heavy (non-hydrogen) atoms. The summed E-state index contributed by atoms with van der Waals surface area (Å²) in [6.45, 7) is 0.448. The number of rotatable bonds is 7. The van der Waals surface area contributed by atoms with Crippen molar-refractivity contribution in [2.45, 2.75) is 25.3 Å². The van der Waals surface area contributed by atoms with E-state index in [1.165, 1.54) is 0 Å². The van der Waals surface area contributed by atoms with Gasteiger partial charge in [0.2, 0.25) is 0 Å². The van der Waals surface area contributed by atoms with Crippen molar-refractivity contribution in [1.82, 2.24) is 19.4 Å². The molecule has 0 radical (unpaired) electrons. The zero-order valence-electron chi connectivity index (χ0n) is 19.4. The molecule has 0 unspecified atom stereocenters. The van der Waals surface area contributed by atoms with E-state index in [0.717, 1.165) is 16.0 Å². The number of cyclic esters (lactones) is 1. The molecule has 1 fully saturated rings. The van der Waals surface area contributed by atoms with Gasteiger partial charge in [-0.15, -0.1) is 0 Å². The van der Waals surface area contributed by atoms with Crippen molar-refractivity contribution in [3.8, 4) is 0 Å². The summed E-state index contributed by atoms with van der Waals surface area (Å²) in [6, 6.07) is 18.2. The Balaban J connectivity index is 1.60. The highest BCUT2D eigenvalue weighted by Crippen LogP contribution is 2.30. The number of nitrogens with zero attached hydrogens (tertiary/aromatic N) is 4. The van der Waals surface area contributed by atoms with E-state index in [0.29, 0.717) is 12.4 Å². The Morgan fingerprint density at radius 1 is 1.14 bits per heavy atom. The van der Waals surface area contributed by atoms with Crippen molar-refractivity contribution in [3.63, 3.8) is 0 Å². The van der Waals surface area contributed by atoms with Crippen LogP contribution >= 0.6 is 12.2 Å². The van der Waals surface area contributed by atoms with E-state index < -0.39 is 24.3 Å². The van der Waals surface area contributed by atoms with Crippen LogP contribution in [0.4, 0.5) is 9.59 Å². The highest BCUT2D eigenvalue weighted by Gasteiger charge is 2.47. The lowest BCUT2D eigenvalue weighted by Gasteiger charge is -2.29. The van der Waals surface area contributed by atoms with E-state index >= 15 is 0 Å². The molecule has 10 heteroatoms. The molecular formula is C25H26N4O5S. The van der Waals surface area contributed by atoms with Crippen molar-refractivity contribution in [2.75, 3.05) is 20.7 Å². The van der Waals surface area contributed by atoms with Gasteiger partial charge in [-0.25, -0.2) is 19.5 Å². The van der Waals surface area contributed by atoms with Gasteiger partial charge in [-0.2, -0.15) is 0 Å². The Hall–Kier alpha value is -3.92. The minimum Gasteiger partial charge on any atom is -0.457 e. The highest BCUT2D eigenvalue weighted by atomic mass is 32.1. The van der Waals surface area contributed by atoms with Gasteiger partial charge in [0.25, 0.3) is 5.17 Å². The van der Waals surface area contributed by atoms with Crippen molar-refractivity contribution in [2.24, 2.45) is 0 Å². The Bertz CT molecular complexity index is 1170. The Morgan fingerprint density at radius 2 is 1.80 bits per heavy atom. The number of amides is 2. The molecule has 0 spiro atoms. The van der Waals surface area contributed by atoms with Crippen LogP contribution in [-0.4, -0.2) is 63.5 Å². The second kappa shape index (κ2) is 11.0. The zero-order valence-corrected chi connectivity index (χ0v) is 20.3. The first kappa shape index (κ1) is 24.2. The molecule has 1 saturated heterocycles. The number of thiocarbonyl (C=S) groups is 1. The fourth-order valence-corrected chi connectivity index (χ4v) is 3.77. The molecule has 3 aromatic rings. The zero-order chi connectivity index (χ0) is 24.8. The maximum atomic E-state index is 13.0. The molecule has 0 N–H and O–H groups in total. The first-order valence-electron chi connectivity index (χ1n) is 11.0. The summed E-state index contributed by atoms with van der Waals surface area (Å²) < 4.78 is 18.7. The minimum absolute atomic E-state index is 0.0143. The smallest absolute Gasteiger partial charge is 0.420 e. The van der Waals surface area contributed by atoms with Crippen LogP contribution < -0.4 is 0 Å². The number of hydrogen-bond donors (Lipinski definition) is 0. The van der Waals surface area contributed by atoms with Gasteiger partial charge in [-0.1, -0.05) is 60.7 Å². The molecular weight excluding hydrogens is 468 g/mol. The third kappa shape index (κ3) is 5.78. The number of carbonyl (C=O) groups is 2. The van der Waals surface area contributed by atoms with Crippen LogP contribution in [0.25, 0.3) is 0 Å². The Morgan fingerprint density at radius 3 is 2.46 bits per heavy atom. The molecule has 2 heterocycles. The first-order chi connectivity index (χ1) is 16.9. The van der Waals surface area contributed by atoms with Crippen molar-refractivity contribution >= 4 is 29.6 Å². The van der Waals surface area contributed by atoms with Gasteiger partial charge in [0, 0.05) is 33.0 Å². The fraction of sp³-hybridized carbons (Fsp3) is 0.280. The molecule has 2 amide bonds. The monoisotopic (exact) mass is 494 g/mol. The standard InChI is InChI=1S/C25H26N4O5S/c1-27(2)25(35)34-21(22-26-13-14-28(22)15-18-9-5-3-6-10-18)20-17-33-24(31)29(20)23(30)32-16-19-11-7-4-8-12-19/h3-14,20-21H,15-17H2,1-2H3/t20-,21-/m0/s1. The predicted octanol–water partition coefficient (Wildman–Crippen LogP) is 3.99. The maximum absolute atomic E-state index is 13.0. The maximum Gasteiger partial charge on any atom is 0.420 e. The molecule has 0 saturated carbocycles. The molecule has 4 rings (SSSR count). The number of benzene rings is 2. The average molecular weight is 495 g/mol. The third-order valence-corrected chi connectivity index (χ3v) is 5.91. The van der Waals surface area contributed by atoms with Crippen LogP contribution in [-0.2, 0) is 27.4 Å². The summed E-state index contributed by atoms with van der Waals surface area (Å²) in [6.07, 6.45) is 0.945. The number of hydrogen-bond acceptors (Lipinski definition) is 7. The molecule has 0 aliphatic carbocycles. The molecule has 0 bridgehead atoms. The molecule has 1 aromatic heterocycles. The van der Waals surface area contributed by atoms with Crippen LogP contribution in [0.5, 0.6) is 0 Å².